The van der Waals surface area contributed by atoms with Crippen LogP contribution >= 0.6 is 0 Å². The second kappa shape index (κ2) is 15.6. The smallest absolute Gasteiger partial charge is 0.187 e. The van der Waals surface area contributed by atoms with Crippen LogP contribution in [0.25, 0.3) is 0 Å². The summed E-state index contributed by atoms with van der Waals surface area (Å²) >= 11 is 0. The van der Waals surface area contributed by atoms with E-state index in [0.717, 1.165) is 0 Å². The van der Waals surface area contributed by atoms with E-state index in [9.17, 15) is 71.5 Å². The molecule has 45 heavy (non-hydrogen) atoms. The van der Waals surface area contributed by atoms with Crippen molar-refractivity contribution in [3.63, 3.8) is 0 Å². The molecule has 0 radical (unpaired) electrons. The predicted molar refractivity (Wildman–Crippen MR) is 134 cm³/mol. The van der Waals surface area contributed by atoms with Gasteiger partial charge in [0.1, 0.15) is 97.7 Å². The van der Waals surface area contributed by atoms with E-state index in [0.29, 0.717) is 0 Å². The minimum atomic E-state index is -2.03. The standard InChI is InChI=1S/C24H42O21/c25-1-5-10(30)14(34)18(21(38)39-5)43-23-20(16(36)12(32)7(3-27)41-23)45-24-19(15(35)11(31)8(4-28)42-24)44-22-17(37)13(33)9(29)6(2-26)40-22/h5-38H,1-4H2/t5-,6-,7-,8-,9-,10-,11-,12-,13+,14+,15+,16+,17+,18+,19+,20+,21+,22-,23-,24-/m1/s1. The van der Waals surface area contributed by atoms with Gasteiger partial charge in [0.15, 0.2) is 25.2 Å². The third-order valence-electron chi connectivity index (χ3n) is 8.21. The van der Waals surface area contributed by atoms with Crippen molar-refractivity contribution < 1.29 is 105 Å². The van der Waals surface area contributed by atoms with Crippen molar-refractivity contribution in [2.24, 2.45) is 0 Å². The van der Waals surface area contributed by atoms with Gasteiger partial charge in [-0.2, -0.15) is 0 Å². The van der Waals surface area contributed by atoms with Crippen molar-refractivity contribution in [1.82, 2.24) is 0 Å². The molecule has 0 bridgehead atoms. The van der Waals surface area contributed by atoms with E-state index in [2.05, 4.69) is 0 Å². The molecule has 264 valence electrons. The Morgan fingerprint density at radius 1 is 0.333 bits per heavy atom. The van der Waals surface area contributed by atoms with Crippen molar-refractivity contribution in [2.75, 3.05) is 26.4 Å². The highest BCUT2D eigenvalue weighted by Gasteiger charge is 2.55. The minimum absolute atomic E-state index is 0.791. The van der Waals surface area contributed by atoms with Crippen molar-refractivity contribution >= 4 is 0 Å². The van der Waals surface area contributed by atoms with E-state index < -0.39 is 149 Å². The van der Waals surface area contributed by atoms with Crippen molar-refractivity contribution in [3.8, 4) is 0 Å². The van der Waals surface area contributed by atoms with Gasteiger partial charge in [-0.3, -0.25) is 0 Å². The van der Waals surface area contributed by atoms with E-state index in [-0.39, 0.29) is 0 Å². The zero-order chi connectivity index (χ0) is 33.3. The van der Waals surface area contributed by atoms with Crippen LogP contribution in [0, 0.1) is 0 Å². The molecule has 20 atom stereocenters. The molecule has 0 spiro atoms. The Balaban J connectivity index is 1.61. The Morgan fingerprint density at radius 3 is 1.07 bits per heavy atom. The normalized spacial score (nSPS) is 52.9. The Bertz CT molecular complexity index is 916. The van der Waals surface area contributed by atoms with E-state index in [1.165, 1.54) is 0 Å². The van der Waals surface area contributed by atoms with Gasteiger partial charge in [0.05, 0.1) is 26.4 Å². The number of hydrogen-bond donors (Lipinski definition) is 14. The lowest BCUT2D eigenvalue weighted by Crippen LogP contribution is -2.68. The third kappa shape index (κ3) is 7.44. The van der Waals surface area contributed by atoms with E-state index in [1.807, 2.05) is 0 Å². The zero-order valence-electron chi connectivity index (χ0n) is 23.5. The average Bonchev–Trinajstić information content (AvgIpc) is 3.03. The van der Waals surface area contributed by atoms with Crippen LogP contribution in [0.1, 0.15) is 0 Å². The van der Waals surface area contributed by atoms with Crippen LogP contribution in [0.2, 0.25) is 0 Å². The minimum Gasteiger partial charge on any atom is -0.394 e. The van der Waals surface area contributed by atoms with Gasteiger partial charge in [-0.25, -0.2) is 0 Å². The summed E-state index contributed by atoms with van der Waals surface area (Å²) in [6.07, 6.45) is -36.6. The van der Waals surface area contributed by atoms with Crippen molar-refractivity contribution in [1.29, 1.82) is 0 Å². The van der Waals surface area contributed by atoms with Gasteiger partial charge < -0.3 is 105 Å². The predicted octanol–water partition coefficient (Wildman–Crippen LogP) is -9.75. The topological polar surface area (TPSA) is 348 Å². The number of hydrogen-bond acceptors (Lipinski definition) is 21. The lowest BCUT2D eigenvalue weighted by molar-refractivity contribution is -0.405. The summed E-state index contributed by atoms with van der Waals surface area (Å²) in [5.41, 5.74) is 0. The van der Waals surface area contributed by atoms with Crippen LogP contribution in [0.5, 0.6) is 0 Å². The quantitative estimate of drug-likeness (QED) is 0.103. The van der Waals surface area contributed by atoms with E-state index in [1.54, 1.807) is 0 Å². The van der Waals surface area contributed by atoms with Gasteiger partial charge in [0.2, 0.25) is 0 Å². The second-order valence-electron chi connectivity index (χ2n) is 11.1. The number of rotatable bonds is 10. The van der Waals surface area contributed by atoms with Crippen molar-refractivity contribution in [3.05, 3.63) is 0 Å². The fraction of sp³-hybridized carbons (Fsp3) is 1.00. The van der Waals surface area contributed by atoms with Gasteiger partial charge in [-0.15, -0.1) is 0 Å². The van der Waals surface area contributed by atoms with Crippen LogP contribution in [-0.4, -0.2) is 221 Å². The number of ether oxygens (including phenoxy) is 7. The molecule has 4 rings (SSSR count). The lowest BCUT2D eigenvalue weighted by atomic mass is 9.96. The largest absolute Gasteiger partial charge is 0.394 e. The van der Waals surface area contributed by atoms with Crippen molar-refractivity contribution in [2.45, 2.75) is 123 Å². The molecule has 21 heteroatoms. The van der Waals surface area contributed by atoms with Gasteiger partial charge in [-0.05, 0) is 0 Å². The molecule has 21 nitrogen and oxygen atoms in total. The molecule has 4 heterocycles. The van der Waals surface area contributed by atoms with Crippen LogP contribution in [0.15, 0.2) is 0 Å². The summed E-state index contributed by atoms with van der Waals surface area (Å²) in [6.45, 7) is -3.41. The molecule has 4 aliphatic heterocycles. The fourth-order valence-corrected chi connectivity index (χ4v) is 5.48. The number of aliphatic hydroxyl groups is 14. The summed E-state index contributed by atoms with van der Waals surface area (Å²) in [4.78, 5) is 0. The monoisotopic (exact) mass is 666 g/mol. The maximum atomic E-state index is 11.0. The molecule has 0 aliphatic carbocycles. The first-order chi connectivity index (χ1) is 21.3. The molecular weight excluding hydrogens is 624 g/mol. The molecule has 0 aromatic carbocycles. The third-order valence-corrected chi connectivity index (χ3v) is 8.21. The molecular formula is C24H42O21. The van der Waals surface area contributed by atoms with E-state index >= 15 is 0 Å². The molecule has 0 unspecified atom stereocenters. The molecule has 0 saturated carbocycles. The molecule has 0 amide bonds. The van der Waals surface area contributed by atoms with Crippen LogP contribution < -0.4 is 0 Å². The first kappa shape index (κ1) is 37.0. The van der Waals surface area contributed by atoms with Crippen LogP contribution in [0.4, 0.5) is 0 Å². The summed E-state index contributed by atoms with van der Waals surface area (Å²) in [5, 5.41) is 143. The Kier molecular flexibility index (Phi) is 12.8. The van der Waals surface area contributed by atoms with Gasteiger partial charge in [-0.1, -0.05) is 0 Å². The lowest BCUT2D eigenvalue weighted by Gasteiger charge is -2.49. The van der Waals surface area contributed by atoms with Gasteiger partial charge in [0, 0.05) is 0 Å². The summed E-state index contributed by atoms with van der Waals surface area (Å²) < 4.78 is 38.3. The maximum Gasteiger partial charge on any atom is 0.187 e. The molecule has 0 aromatic heterocycles. The molecule has 0 aromatic rings. The fourth-order valence-electron chi connectivity index (χ4n) is 5.48. The first-order valence-corrected chi connectivity index (χ1v) is 14.1. The number of aliphatic hydroxyl groups excluding tert-OH is 14. The first-order valence-electron chi connectivity index (χ1n) is 14.1. The summed E-state index contributed by atoms with van der Waals surface area (Å²) in [5.74, 6) is 0. The van der Waals surface area contributed by atoms with Crippen LogP contribution in [0.3, 0.4) is 0 Å². The highest BCUT2D eigenvalue weighted by atomic mass is 16.8. The highest BCUT2D eigenvalue weighted by Crippen LogP contribution is 2.34. The Hall–Kier alpha value is -0.840. The highest BCUT2D eigenvalue weighted by molar-refractivity contribution is 4.97. The van der Waals surface area contributed by atoms with E-state index in [4.69, 9.17) is 33.2 Å². The molecule has 4 aliphatic rings. The second-order valence-corrected chi connectivity index (χ2v) is 11.1. The molecule has 14 N–H and O–H groups in total. The van der Waals surface area contributed by atoms with Crippen LogP contribution in [-0.2, 0) is 33.2 Å². The zero-order valence-corrected chi connectivity index (χ0v) is 23.5. The Morgan fingerprint density at radius 2 is 0.644 bits per heavy atom. The Labute approximate surface area is 254 Å². The summed E-state index contributed by atoms with van der Waals surface area (Å²) in [7, 11) is 0. The average molecular weight is 667 g/mol. The van der Waals surface area contributed by atoms with Gasteiger partial charge in [0.25, 0.3) is 0 Å². The molecule has 4 fully saturated rings. The SMILES string of the molecule is OC[C@H]1O[C@H](O[C@@H]2[C@@H](O[C@@H]3[C@@H](O[C@H]4[C@@H](O)[C@H](O)[C@@H](CO)O[C@@H]4O)O[C@H](CO)[C@@H](O)[C@@H]3O)O[C@H](CO)[C@@H](O)[C@@H]2O)[C@@H](O)[C@@H](O)[C@@H]1O. The summed E-state index contributed by atoms with van der Waals surface area (Å²) in [6, 6.07) is 0. The molecule has 4 saturated heterocycles. The van der Waals surface area contributed by atoms with Gasteiger partial charge >= 0.3 is 0 Å². The maximum absolute atomic E-state index is 11.0.